The van der Waals surface area contributed by atoms with Crippen LogP contribution in [0.4, 0.5) is 11.8 Å². The van der Waals surface area contributed by atoms with Crippen molar-refractivity contribution in [3.63, 3.8) is 0 Å². The van der Waals surface area contributed by atoms with Gasteiger partial charge in [0.1, 0.15) is 10.6 Å². The number of nitrogens with one attached hydrogen (secondary N) is 2. The van der Waals surface area contributed by atoms with Crippen LogP contribution in [0, 0.1) is 6.92 Å². The van der Waals surface area contributed by atoms with Gasteiger partial charge >= 0.3 is 0 Å². The van der Waals surface area contributed by atoms with Gasteiger partial charge in [-0.2, -0.15) is 4.98 Å². The normalized spacial score (nSPS) is 12.6. The molecule has 1 atom stereocenters. The van der Waals surface area contributed by atoms with Crippen LogP contribution in [0.2, 0.25) is 0 Å². The van der Waals surface area contributed by atoms with Gasteiger partial charge in [-0.05, 0) is 25.8 Å². The Bertz CT molecular complexity index is 579. The standard InChI is InChI=1S/C16H26N4S/c1-5-7-9-12(8-6-2)18-14-13-10-11(3)21-15(13)20-16(17-4)19-14/h10,12H,5-9H2,1-4H3,(H2,17,18,19,20). The van der Waals surface area contributed by atoms with Crippen molar-refractivity contribution in [3.8, 4) is 0 Å². The Morgan fingerprint density at radius 2 is 2.00 bits per heavy atom. The molecule has 0 bridgehead atoms. The van der Waals surface area contributed by atoms with E-state index in [1.165, 1.54) is 37.0 Å². The Morgan fingerprint density at radius 3 is 2.67 bits per heavy atom. The summed E-state index contributed by atoms with van der Waals surface area (Å²) in [4.78, 5) is 11.5. The Hall–Kier alpha value is -1.36. The predicted molar refractivity (Wildman–Crippen MR) is 93.5 cm³/mol. The zero-order chi connectivity index (χ0) is 15.2. The van der Waals surface area contributed by atoms with Crippen LogP contribution < -0.4 is 10.6 Å². The van der Waals surface area contributed by atoms with Crippen molar-refractivity contribution in [2.45, 2.75) is 58.9 Å². The Balaban J connectivity index is 2.29. The lowest BCUT2D eigenvalue weighted by Crippen LogP contribution is -2.20. The number of thiophene rings is 1. The van der Waals surface area contributed by atoms with Crippen LogP contribution >= 0.6 is 11.3 Å². The SMILES string of the molecule is CCCCC(CCC)Nc1nc(NC)nc2sc(C)cc12. The van der Waals surface area contributed by atoms with Crippen LogP contribution in [0.25, 0.3) is 10.2 Å². The van der Waals surface area contributed by atoms with Gasteiger partial charge in [-0.3, -0.25) is 0 Å². The lowest BCUT2D eigenvalue weighted by Gasteiger charge is -2.19. The highest BCUT2D eigenvalue weighted by atomic mass is 32.1. The third-order valence-electron chi connectivity index (χ3n) is 3.62. The molecule has 21 heavy (non-hydrogen) atoms. The molecule has 2 aromatic heterocycles. The van der Waals surface area contributed by atoms with E-state index in [1.54, 1.807) is 11.3 Å². The van der Waals surface area contributed by atoms with Crippen molar-refractivity contribution < 1.29 is 0 Å². The molecule has 2 N–H and O–H groups in total. The summed E-state index contributed by atoms with van der Waals surface area (Å²) in [5, 5.41) is 7.87. The molecule has 0 saturated carbocycles. The number of aromatic nitrogens is 2. The van der Waals surface area contributed by atoms with E-state index >= 15 is 0 Å². The second kappa shape index (κ2) is 7.59. The number of unbranched alkanes of at least 4 members (excludes halogenated alkanes) is 1. The van der Waals surface area contributed by atoms with Crippen molar-refractivity contribution in [2.75, 3.05) is 17.7 Å². The molecule has 1 unspecified atom stereocenters. The van der Waals surface area contributed by atoms with E-state index < -0.39 is 0 Å². The fourth-order valence-electron chi connectivity index (χ4n) is 2.54. The fourth-order valence-corrected chi connectivity index (χ4v) is 3.42. The van der Waals surface area contributed by atoms with Crippen LogP contribution in [0.5, 0.6) is 0 Å². The maximum Gasteiger partial charge on any atom is 0.225 e. The maximum absolute atomic E-state index is 4.64. The van der Waals surface area contributed by atoms with Gasteiger partial charge in [-0.25, -0.2) is 4.98 Å². The first-order valence-electron chi connectivity index (χ1n) is 7.90. The monoisotopic (exact) mass is 306 g/mol. The molecule has 4 nitrogen and oxygen atoms in total. The van der Waals surface area contributed by atoms with E-state index in [2.05, 4.69) is 47.4 Å². The first kappa shape index (κ1) is 16.0. The lowest BCUT2D eigenvalue weighted by atomic mass is 10.1. The van der Waals surface area contributed by atoms with Gasteiger partial charge < -0.3 is 10.6 Å². The van der Waals surface area contributed by atoms with E-state index in [1.807, 2.05) is 7.05 Å². The van der Waals surface area contributed by atoms with Gasteiger partial charge in [-0.1, -0.05) is 33.1 Å². The van der Waals surface area contributed by atoms with Crippen molar-refractivity contribution in [1.82, 2.24) is 9.97 Å². The minimum Gasteiger partial charge on any atom is -0.367 e. The van der Waals surface area contributed by atoms with Crippen LogP contribution in [-0.2, 0) is 0 Å². The number of aryl methyl sites for hydroxylation is 1. The number of nitrogens with zero attached hydrogens (tertiary/aromatic N) is 2. The molecule has 116 valence electrons. The van der Waals surface area contributed by atoms with Gasteiger partial charge in [0.05, 0.1) is 5.39 Å². The molecule has 2 aromatic rings. The molecule has 5 heteroatoms. The van der Waals surface area contributed by atoms with E-state index in [0.29, 0.717) is 12.0 Å². The third-order valence-corrected chi connectivity index (χ3v) is 4.57. The molecular weight excluding hydrogens is 280 g/mol. The highest BCUT2D eigenvalue weighted by molar-refractivity contribution is 7.18. The molecule has 2 rings (SSSR count). The highest BCUT2D eigenvalue weighted by Crippen LogP contribution is 2.30. The van der Waals surface area contributed by atoms with E-state index in [9.17, 15) is 0 Å². The molecule has 0 fully saturated rings. The average Bonchev–Trinajstić information content (AvgIpc) is 2.85. The summed E-state index contributed by atoms with van der Waals surface area (Å²) in [5.74, 6) is 1.67. The van der Waals surface area contributed by atoms with Gasteiger partial charge in [0.25, 0.3) is 0 Å². The summed E-state index contributed by atoms with van der Waals surface area (Å²) in [6.45, 7) is 6.60. The Kier molecular flexibility index (Phi) is 5.79. The number of anilines is 2. The minimum absolute atomic E-state index is 0.498. The summed E-state index contributed by atoms with van der Waals surface area (Å²) in [7, 11) is 1.87. The molecule has 0 aromatic carbocycles. The van der Waals surface area contributed by atoms with Crippen LogP contribution in [0.15, 0.2) is 6.07 Å². The number of rotatable bonds is 8. The molecule has 2 heterocycles. The lowest BCUT2D eigenvalue weighted by molar-refractivity contribution is 0.563. The Labute approximate surface area is 131 Å². The van der Waals surface area contributed by atoms with Gasteiger partial charge in [0, 0.05) is 18.0 Å². The Morgan fingerprint density at radius 1 is 1.19 bits per heavy atom. The largest absolute Gasteiger partial charge is 0.367 e. The summed E-state index contributed by atoms with van der Waals surface area (Å²) in [6, 6.07) is 2.68. The molecule has 0 aliphatic rings. The molecule has 0 aliphatic heterocycles. The quantitative estimate of drug-likeness (QED) is 0.734. The van der Waals surface area contributed by atoms with E-state index in [4.69, 9.17) is 0 Å². The average molecular weight is 306 g/mol. The van der Waals surface area contributed by atoms with E-state index in [0.717, 1.165) is 16.0 Å². The highest BCUT2D eigenvalue weighted by Gasteiger charge is 2.14. The van der Waals surface area contributed by atoms with Gasteiger partial charge in [0.2, 0.25) is 5.95 Å². The molecule has 0 saturated heterocycles. The minimum atomic E-state index is 0.498. The third kappa shape index (κ3) is 4.06. The fraction of sp³-hybridized carbons (Fsp3) is 0.625. The van der Waals surface area contributed by atoms with Crippen LogP contribution in [0.3, 0.4) is 0 Å². The van der Waals surface area contributed by atoms with Crippen LogP contribution in [-0.4, -0.2) is 23.1 Å². The topological polar surface area (TPSA) is 49.8 Å². The summed E-state index contributed by atoms with van der Waals surface area (Å²) in [5.41, 5.74) is 0. The van der Waals surface area contributed by atoms with Crippen molar-refractivity contribution in [3.05, 3.63) is 10.9 Å². The molecule has 0 spiro atoms. The van der Waals surface area contributed by atoms with Crippen molar-refractivity contribution in [1.29, 1.82) is 0 Å². The van der Waals surface area contributed by atoms with Crippen LogP contribution in [0.1, 0.15) is 50.8 Å². The number of hydrogen-bond acceptors (Lipinski definition) is 5. The van der Waals surface area contributed by atoms with Crippen molar-refractivity contribution in [2.24, 2.45) is 0 Å². The smallest absolute Gasteiger partial charge is 0.225 e. The second-order valence-electron chi connectivity index (χ2n) is 5.49. The van der Waals surface area contributed by atoms with Gasteiger partial charge in [-0.15, -0.1) is 11.3 Å². The summed E-state index contributed by atoms with van der Waals surface area (Å²) < 4.78 is 0. The zero-order valence-corrected chi connectivity index (χ0v) is 14.3. The predicted octanol–water partition coefficient (Wildman–Crippen LogP) is 4.81. The number of hydrogen-bond donors (Lipinski definition) is 2. The molecular formula is C16H26N4S. The maximum atomic E-state index is 4.64. The molecule has 0 aliphatic carbocycles. The number of fused-ring (bicyclic) bond motifs is 1. The molecule has 0 radical (unpaired) electrons. The van der Waals surface area contributed by atoms with Gasteiger partial charge in [0.15, 0.2) is 0 Å². The first-order valence-corrected chi connectivity index (χ1v) is 8.72. The second-order valence-corrected chi connectivity index (χ2v) is 6.73. The first-order chi connectivity index (χ1) is 10.2. The molecule has 0 amide bonds. The van der Waals surface area contributed by atoms with E-state index in [-0.39, 0.29) is 0 Å². The van der Waals surface area contributed by atoms with Crippen molar-refractivity contribution >= 4 is 33.3 Å². The summed E-state index contributed by atoms with van der Waals surface area (Å²) >= 11 is 1.72. The summed E-state index contributed by atoms with van der Waals surface area (Å²) in [6.07, 6.45) is 6.07. The zero-order valence-electron chi connectivity index (χ0n) is 13.5.